The maximum absolute atomic E-state index is 11.4. The third-order valence-electron chi connectivity index (χ3n) is 3.11. The lowest BCUT2D eigenvalue weighted by Gasteiger charge is -2.11. The first-order valence-corrected chi connectivity index (χ1v) is 6.98. The third kappa shape index (κ3) is 3.74. The number of amides is 1. The molecule has 0 spiro atoms. The number of hydrogen-bond donors (Lipinski definition) is 1. The molecular weight excluding hydrogens is 262 g/mol. The van der Waals surface area contributed by atoms with Gasteiger partial charge in [-0.2, -0.15) is 0 Å². The van der Waals surface area contributed by atoms with Gasteiger partial charge in [-0.15, -0.1) is 0 Å². The molecule has 1 aliphatic heterocycles. The van der Waals surface area contributed by atoms with E-state index < -0.39 is 6.09 Å². The number of carbonyl (C=O) groups excluding carboxylic acids is 1. The molecule has 1 amide bonds. The Morgan fingerprint density at radius 1 is 1.37 bits per heavy atom. The minimum Gasteiger partial charge on any atom is -0.440 e. The molecule has 1 saturated heterocycles. The van der Waals surface area contributed by atoms with Crippen LogP contribution < -0.4 is 5.32 Å². The van der Waals surface area contributed by atoms with Gasteiger partial charge in [0.1, 0.15) is 6.10 Å². The fraction of sp³-hybridized carbons (Fsp3) is 0.400. The minimum atomic E-state index is -0.401. The van der Waals surface area contributed by atoms with Crippen LogP contribution in [0.4, 0.5) is 4.79 Å². The van der Waals surface area contributed by atoms with Gasteiger partial charge >= 0.3 is 6.09 Å². The van der Waals surface area contributed by atoms with Gasteiger partial charge in [-0.05, 0) is 24.8 Å². The van der Waals surface area contributed by atoms with Crippen LogP contribution in [0.15, 0.2) is 41.1 Å². The Balaban J connectivity index is 2.02. The van der Waals surface area contributed by atoms with Crippen molar-refractivity contribution in [2.24, 2.45) is 0 Å². The molecule has 19 heavy (non-hydrogen) atoms. The number of rotatable bonds is 5. The molecule has 1 aromatic carbocycles. The van der Waals surface area contributed by atoms with Crippen molar-refractivity contribution in [1.82, 2.24) is 5.32 Å². The summed E-state index contributed by atoms with van der Waals surface area (Å²) in [6, 6.07) is 10.1. The summed E-state index contributed by atoms with van der Waals surface area (Å²) in [5.74, 6) is 0. The number of nitrogens with one attached hydrogen (secondary N) is 1. The largest absolute Gasteiger partial charge is 0.440 e. The molecule has 2 rings (SSSR count). The Labute approximate surface area is 118 Å². The molecule has 1 atom stereocenters. The van der Waals surface area contributed by atoms with Gasteiger partial charge in [0.2, 0.25) is 0 Å². The van der Waals surface area contributed by atoms with Gasteiger partial charge in [0.15, 0.2) is 0 Å². The monoisotopic (exact) mass is 279 g/mol. The van der Waals surface area contributed by atoms with Gasteiger partial charge in [-0.25, -0.2) is 4.79 Å². The number of cyclic esters (lactones) is 1. The van der Waals surface area contributed by atoms with E-state index in [-0.39, 0.29) is 6.10 Å². The number of allylic oxidation sites excluding steroid dienone is 1. The van der Waals surface area contributed by atoms with Crippen molar-refractivity contribution in [1.29, 1.82) is 0 Å². The third-order valence-corrected chi connectivity index (χ3v) is 3.50. The highest BCUT2D eigenvalue weighted by Crippen LogP contribution is 2.25. The first-order valence-electron chi connectivity index (χ1n) is 6.60. The molecule has 1 aromatic rings. The summed E-state index contributed by atoms with van der Waals surface area (Å²) < 4.78 is 5.27. The Bertz CT molecular complexity index is 470. The van der Waals surface area contributed by atoms with Crippen molar-refractivity contribution < 1.29 is 9.53 Å². The fourth-order valence-electron chi connectivity index (χ4n) is 2.15. The summed E-state index contributed by atoms with van der Waals surface area (Å²) in [4.78, 5) is 11.4. The highest BCUT2D eigenvalue weighted by atomic mass is 35.5. The Kier molecular flexibility index (Phi) is 4.86. The normalized spacial score (nSPS) is 20.9. The van der Waals surface area contributed by atoms with Gasteiger partial charge < -0.3 is 4.74 Å². The average molecular weight is 280 g/mol. The fourth-order valence-corrected chi connectivity index (χ4v) is 2.51. The summed E-state index contributed by atoms with van der Waals surface area (Å²) >= 11 is 6.21. The Hall–Kier alpha value is -1.48. The topological polar surface area (TPSA) is 38.3 Å². The standard InChI is InChI=1S/C15H18ClNO2/c1-2-6-12(16)14-13(19-15(18)17-14)10-9-11-7-4-3-5-8-11/h3-5,7-8,13H,2,6,9-10H2,1H3,(H,17,18)/b14-12-/t13-/m0/s1. The molecule has 0 aromatic heterocycles. The predicted molar refractivity (Wildman–Crippen MR) is 76.0 cm³/mol. The van der Waals surface area contributed by atoms with E-state index in [4.69, 9.17) is 16.3 Å². The number of halogens is 1. The van der Waals surface area contributed by atoms with E-state index in [1.165, 1.54) is 5.56 Å². The van der Waals surface area contributed by atoms with Crippen LogP contribution in [0.3, 0.4) is 0 Å². The Morgan fingerprint density at radius 2 is 2.11 bits per heavy atom. The van der Waals surface area contributed by atoms with E-state index >= 15 is 0 Å². The first kappa shape index (κ1) is 13.9. The average Bonchev–Trinajstić information content (AvgIpc) is 2.79. The van der Waals surface area contributed by atoms with Crippen molar-refractivity contribution >= 4 is 17.7 Å². The molecule has 0 aliphatic carbocycles. The van der Waals surface area contributed by atoms with Crippen molar-refractivity contribution in [3.8, 4) is 0 Å². The molecule has 1 aliphatic rings. The zero-order valence-electron chi connectivity index (χ0n) is 11.0. The summed E-state index contributed by atoms with van der Waals surface area (Å²) in [5.41, 5.74) is 1.97. The molecule has 0 bridgehead atoms. The maximum atomic E-state index is 11.4. The molecule has 0 unspecified atom stereocenters. The highest BCUT2D eigenvalue weighted by Gasteiger charge is 2.30. The SMILES string of the molecule is CCC/C(Cl)=C1/NC(=O)O[C@H]1CCc1ccccc1. The van der Waals surface area contributed by atoms with E-state index in [0.29, 0.717) is 5.03 Å². The van der Waals surface area contributed by atoms with E-state index in [9.17, 15) is 4.79 Å². The number of aryl methyl sites for hydroxylation is 1. The van der Waals surface area contributed by atoms with Gasteiger partial charge in [0.25, 0.3) is 0 Å². The van der Waals surface area contributed by atoms with Gasteiger partial charge in [-0.1, -0.05) is 55.3 Å². The van der Waals surface area contributed by atoms with Crippen LogP contribution in [0.1, 0.15) is 31.7 Å². The molecule has 1 fully saturated rings. The number of alkyl carbamates (subject to hydrolysis) is 1. The summed E-state index contributed by atoms with van der Waals surface area (Å²) in [6.07, 6.45) is 2.68. The molecule has 3 nitrogen and oxygen atoms in total. The summed E-state index contributed by atoms with van der Waals surface area (Å²) in [7, 11) is 0. The smallest absolute Gasteiger partial charge is 0.412 e. The van der Waals surface area contributed by atoms with Crippen molar-refractivity contribution in [3.63, 3.8) is 0 Å². The number of ether oxygens (including phenoxy) is 1. The van der Waals surface area contributed by atoms with Gasteiger partial charge in [-0.3, -0.25) is 5.32 Å². The molecule has 0 saturated carbocycles. The van der Waals surface area contributed by atoms with Crippen LogP contribution in [0, 0.1) is 0 Å². The van der Waals surface area contributed by atoms with Gasteiger partial charge in [0, 0.05) is 5.03 Å². The molecule has 0 radical (unpaired) electrons. The van der Waals surface area contributed by atoms with Crippen molar-refractivity contribution in [2.45, 2.75) is 38.7 Å². The number of carbonyl (C=O) groups is 1. The molecule has 4 heteroatoms. The van der Waals surface area contributed by atoms with Crippen molar-refractivity contribution in [3.05, 3.63) is 46.6 Å². The lowest BCUT2D eigenvalue weighted by molar-refractivity contribution is 0.141. The van der Waals surface area contributed by atoms with Crippen LogP contribution in [0.2, 0.25) is 0 Å². The van der Waals surface area contributed by atoms with E-state index in [1.807, 2.05) is 18.2 Å². The van der Waals surface area contributed by atoms with E-state index in [1.54, 1.807) is 0 Å². The quantitative estimate of drug-likeness (QED) is 0.885. The number of benzene rings is 1. The minimum absolute atomic E-state index is 0.244. The van der Waals surface area contributed by atoms with E-state index in [2.05, 4.69) is 24.4 Å². The second-order valence-electron chi connectivity index (χ2n) is 4.61. The van der Waals surface area contributed by atoms with Crippen LogP contribution in [-0.2, 0) is 11.2 Å². The molecule has 1 N–H and O–H groups in total. The first-order chi connectivity index (χ1) is 9.20. The van der Waals surface area contributed by atoms with Crippen LogP contribution in [0.25, 0.3) is 0 Å². The Morgan fingerprint density at radius 3 is 2.79 bits per heavy atom. The zero-order valence-corrected chi connectivity index (χ0v) is 11.7. The predicted octanol–water partition coefficient (Wildman–Crippen LogP) is 3.98. The van der Waals surface area contributed by atoms with Crippen LogP contribution in [-0.4, -0.2) is 12.2 Å². The zero-order chi connectivity index (χ0) is 13.7. The lowest BCUT2D eigenvalue weighted by atomic mass is 10.0. The second-order valence-corrected chi connectivity index (χ2v) is 5.07. The summed E-state index contributed by atoms with van der Waals surface area (Å²) in [5, 5.41) is 3.41. The molecular formula is C15H18ClNO2. The number of hydrogen-bond acceptors (Lipinski definition) is 2. The molecule has 1 heterocycles. The second kappa shape index (κ2) is 6.62. The van der Waals surface area contributed by atoms with Crippen molar-refractivity contribution in [2.75, 3.05) is 0 Å². The van der Waals surface area contributed by atoms with Crippen LogP contribution >= 0.6 is 11.6 Å². The maximum Gasteiger partial charge on any atom is 0.412 e. The van der Waals surface area contributed by atoms with Crippen LogP contribution in [0.5, 0.6) is 0 Å². The van der Waals surface area contributed by atoms with Gasteiger partial charge in [0.05, 0.1) is 5.70 Å². The highest BCUT2D eigenvalue weighted by molar-refractivity contribution is 6.30. The summed E-state index contributed by atoms with van der Waals surface area (Å²) in [6.45, 7) is 2.06. The lowest BCUT2D eigenvalue weighted by Crippen LogP contribution is -2.15. The molecule has 102 valence electrons. The van der Waals surface area contributed by atoms with E-state index in [0.717, 1.165) is 31.4 Å².